The van der Waals surface area contributed by atoms with Crippen molar-refractivity contribution in [2.75, 3.05) is 6.61 Å². The molecule has 0 bridgehead atoms. The predicted molar refractivity (Wildman–Crippen MR) is 81.9 cm³/mol. The fraction of sp³-hybridized carbons (Fsp3) is 0.467. The van der Waals surface area contributed by atoms with Crippen molar-refractivity contribution in [3.63, 3.8) is 0 Å². The highest BCUT2D eigenvalue weighted by atomic mass is 35.5. The van der Waals surface area contributed by atoms with Crippen molar-refractivity contribution in [1.29, 1.82) is 0 Å². The van der Waals surface area contributed by atoms with Crippen molar-refractivity contribution in [2.24, 2.45) is 11.7 Å². The minimum atomic E-state index is -0.690. The van der Waals surface area contributed by atoms with Crippen LogP contribution in [0.3, 0.4) is 0 Å². The van der Waals surface area contributed by atoms with Gasteiger partial charge in [0.25, 0.3) is 0 Å². The molecule has 0 saturated heterocycles. The van der Waals surface area contributed by atoms with E-state index >= 15 is 0 Å². The molecule has 1 rings (SSSR count). The van der Waals surface area contributed by atoms with Crippen LogP contribution < -0.4 is 11.1 Å². The summed E-state index contributed by atoms with van der Waals surface area (Å²) in [5.74, 6) is 0.0953. The number of ether oxygens (including phenoxy) is 1. The summed E-state index contributed by atoms with van der Waals surface area (Å²) in [6.07, 6.45) is 0.837. The Kier molecular flexibility index (Phi) is 7.02. The van der Waals surface area contributed by atoms with Gasteiger partial charge in [-0.25, -0.2) is 4.79 Å². The molecule has 21 heavy (non-hydrogen) atoms. The second kappa shape index (κ2) is 8.52. The van der Waals surface area contributed by atoms with Crippen LogP contribution >= 0.6 is 11.6 Å². The van der Waals surface area contributed by atoms with Crippen LogP contribution in [-0.4, -0.2) is 18.6 Å². The molecule has 0 aliphatic rings. The smallest absolute Gasteiger partial charge is 0.312 e. The predicted octanol–water partition coefficient (Wildman–Crippen LogP) is 3.03. The first-order valence-corrected chi connectivity index (χ1v) is 7.23. The van der Waals surface area contributed by atoms with E-state index in [1.165, 1.54) is 0 Å². The normalized spacial score (nSPS) is 12.0. The summed E-state index contributed by atoms with van der Waals surface area (Å²) in [7, 11) is 0. The van der Waals surface area contributed by atoms with Gasteiger partial charge >= 0.3 is 12.0 Å². The van der Waals surface area contributed by atoms with Gasteiger partial charge in [-0.2, -0.15) is 0 Å². The minimum Gasteiger partial charge on any atom is -0.466 e. The molecule has 5 nitrogen and oxygen atoms in total. The van der Waals surface area contributed by atoms with Crippen molar-refractivity contribution in [1.82, 2.24) is 5.32 Å². The molecule has 1 aromatic rings. The van der Waals surface area contributed by atoms with Crippen LogP contribution in [0, 0.1) is 5.92 Å². The maximum absolute atomic E-state index is 11.8. The van der Waals surface area contributed by atoms with Gasteiger partial charge in [0.1, 0.15) is 0 Å². The Balaban J connectivity index is 2.63. The largest absolute Gasteiger partial charge is 0.466 e. The molecule has 3 N–H and O–H groups in total. The molecule has 0 aliphatic carbocycles. The van der Waals surface area contributed by atoms with E-state index in [0.29, 0.717) is 17.5 Å². The zero-order chi connectivity index (χ0) is 15.8. The van der Waals surface area contributed by atoms with E-state index in [4.69, 9.17) is 22.1 Å². The van der Waals surface area contributed by atoms with Gasteiger partial charge in [0, 0.05) is 5.02 Å². The first kappa shape index (κ1) is 17.3. The summed E-state index contributed by atoms with van der Waals surface area (Å²) in [6, 6.07) is 5.65. The number of hydrogen-bond donors (Lipinski definition) is 2. The molecule has 0 fully saturated rings. The number of urea groups is 1. The highest BCUT2D eigenvalue weighted by molar-refractivity contribution is 6.30. The Hall–Kier alpha value is -1.75. The Morgan fingerprint density at radius 2 is 1.90 bits per heavy atom. The van der Waals surface area contributed by atoms with Gasteiger partial charge in [-0.1, -0.05) is 37.6 Å². The van der Waals surface area contributed by atoms with Crippen LogP contribution in [0.1, 0.15) is 38.3 Å². The van der Waals surface area contributed by atoms with Crippen LogP contribution in [0.15, 0.2) is 24.3 Å². The molecule has 2 amide bonds. The molecule has 0 heterocycles. The topological polar surface area (TPSA) is 81.4 Å². The van der Waals surface area contributed by atoms with Gasteiger partial charge in [-0.3, -0.25) is 4.79 Å². The summed E-state index contributed by atoms with van der Waals surface area (Å²) in [5, 5.41) is 3.12. The van der Waals surface area contributed by atoms with E-state index < -0.39 is 12.1 Å². The second-order valence-corrected chi connectivity index (χ2v) is 5.66. The van der Waals surface area contributed by atoms with Gasteiger partial charge in [0.2, 0.25) is 0 Å². The minimum absolute atomic E-state index is 0.0304. The zero-order valence-corrected chi connectivity index (χ0v) is 13.0. The van der Waals surface area contributed by atoms with E-state index in [-0.39, 0.29) is 12.4 Å². The zero-order valence-electron chi connectivity index (χ0n) is 12.3. The number of halogens is 1. The van der Waals surface area contributed by atoms with Crippen LogP contribution in [0.5, 0.6) is 0 Å². The molecule has 1 aromatic carbocycles. The summed E-state index contributed by atoms with van der Waals surface area (Å²) < 4.78 is 5.15. The lowest BCUT2D eigenvalue weighted by Crippen LogP contribution is -2.34. The number of amides is 2. The summed E-state index contributed by atoms with van der Waals surface area (Å²) in [4.78, 5) is 22.9. The first-order chi connectivity index (χ1) is 9.88. The van der Waals surface area contributed by atoms with Crippen molar-refractivity contribution in [3.05, 3.63) is 34.9 Å². The molecule has 1 atom stereocenters. The third-order valence-corrected chi connectivity index (χ3v) is 3.17. The number of nitrogens with two attached hydrogens (primary N) is 1. The molecule has 1 unspecified atom stereocenters. The Labute approximate surface area is 129 Å². The molecular formula is C15H21ClN2O3. The molecule has 6 heteroatoms. The number of nitrogens with one attached hydrogen (secondary N) is 1. The van der Waals surface area contributed by atoms with Gasteiger partial charge in [0.05, 0.1) is 19.1 Å². The highest BCUT2D eigenvalue weighted by Crippen LogP contribution is 2.20. The Bertz CT molecular complexity index is 474. The average Bonchev–Trinajstić information content (AvgIpc) is 2.37. The van der Waals surface area contributed by atoms with E-state index in [1.807, 2.05) is 0 Å². The monoisotopic (exact) mass is 312 g/mol. The van der Waals surface area contributed by atoms with E-state index in [9.17, 15) is 9.59 Å². The summed E-state index contributed by atoms with van der Waals surface area (Å²) in [6.45, 7) is 4.48. The fourth-order valence-corrected chi connectivity index (χ4v) is 1.88. The number of benzene rings is 1. The van der Waals surface area contributed by atoms with Gasteiger partial charge in [0.15, 0.2) is 0 Å². The van der Waals surface area contributed by atoms with Crippen molar-refractivity contribution in [3.8, 4) is 0 Å². The standard InChI is InChI=1S/C15H21ClN2O3/c1-10(2)7-8-21-14(19)9-13(18-15(17)20)11-3-5-12(16)6-4-11/h3-6,10,13H,7-9H2,1-2H3,(H3,17,18,20). The molecule has 116 valence electrons. The average molecular weight is 313 g/mol. The second-order valence-electron chi connectivity index (χ2n) is 5.22. The molecular weight excluding hydrogens is 292 g/mol. The fourth-order valence-electron chi connectivity index (χ4n) is 1.75. The van der Waals surface area contributed by atoms with Crippen molar-refractivity contribution < 1.29 is 14.3 Å². The lowest BCUT2D eigenvalue weighted by molar-refractivity contribution is -0.144. The van der Waals surface area contributed by atoms with Crippen LogP contribution in [0.2, 0.25) is 5.02 Å². The van der Waals surface area contributed by atoms with Gasteiger partial charge in [-0.05, 0) is 30.0 Å². The first-order valence-electron chi connectivity index (χ1n) is 6.85. The number of primary amides is 1. The lowest BCUT2D eigenvalue weighted by atomic mass is 10.0. The van der Waals surface area contributed by atoms with E-state index in [2.05, 4.69) is 19.2 Å². The molecule has 0 saturated carbocycles. The van der Waals surface area contributed by atoms with Crippen molar-refractivity contribution in [2.45, 2.75) is 32.7 Å². The number of hydrogen-bond acceptors (Lipinski definition) is 3. The third kappa shape index (κ3) is 6.99. The lowest BCUT2D eigenvalue weighted by Gasteiger charge is -2.17. The summed E-state index contributed by atoms with van der Waals surface area (Å²) >= 11 is 5.82. The maximum Gasteiger partial charge on any atom is 0.312 e. The molecule has 0 aromatic heterocycles. The van der Waals surface area contributed by atoms with Crippen LogP contribution in [0.25, 0.3) is 0 Å². The highest BCUT2D eigenvalue weighted by Gasteiger charge is 2.18. The van der Waals surface area contributed by atoms with Crippen LogP contribution in [-0.2, 0) is 9.53 Å². The third-order valence-electron chi connectivity index (χ3n) is 2.92. The molecule has 0 radical (unpaired) electrons. The molecule has 0 spiro atoms. The quantitative estimate of drug-likeness (QED) is 0.759. The van der Waals surface area contributed by atoms with Crippen molar-refractivity contribution >= 4 is 23.6 Å². The van der Waals surface area contributed by atoms with E-state index in [1.54, 1.807) is 24.3 Å². The Morgan fingerprint density at radius 3 is 2.43 bits per heavy atom. The number of carbonyl (C=O) groups is 2. The number of esters is 1. The van der Waals surface area contributed by atoms with Gasteiger partial charge < -0.3 is 15.8 Å². The molecule has 0 aliphatic heterocycles. The Morgan fingerprint density at radius 1 is 1.29 bits per heavy atom. The SMILES string of the molecule is CC(C)CCOC(=O)CC(NC(N)=O)c1ccc(Cl)cc1. The maximum atomic E-state index is 11.8. The summed E-state index contributed by atoms with van der Waals surface area (Å²) in [5.41, 5.74) is 5.90. The van der Waals surface area contributed by atoms with Gasteiger partial charge in [-0.15, -0.1) is 0 Å². The van der Waals surface area contributed by atoms with E-state index in [0.717, 1.165) is 12.0 Å². The number of carbonyl (C=O) groups excluding carboxylic acids is 2. The van der Waals surface area contributed by atoms with Crippen LogP contribution in [0.4, 0.5) is 4.79 Å². The number of rotatable bonds is 7.